The average Bonchev–Trinajstić information content (AvgIpc) is 2.38. The summed E-state index contributed by atoms with van der Waals surface area (Å²) in [6.45, 7) is 0. The molecule has 2 N–H and O–H groups in total. The maximum absolute atomic E-state index is 12.3. The SMILES string of the molecule is COc1cccc(Cl)c1CC(=O)NC(CC(F)(F)F)C(=O)O. The number of carbonyl (C=O) groups is 2. The fourth-order valence-corrected chi connectivity index (χ4v) is 1.97. The Morgan fingerprint density at radius 2 is 2.05 bits per heavy atom. The van der Waals surface area contributed by atoms with Crippen LogP contribution in [0.4, 0.5) is 13.2 Å². The van der Waals surface area contributed by atoms with Crippen molar-refractivity contribution in [2.45, 2.75) is 25.1 Å². The van der Waals surface area contributed by atoms with Crippen molar-refractivity contribution in [1.82, 2.24) is 5.32 Å². The highest BCUT2D eigenvalue weighted by atomic mass is 35.5. The molecule has 122 valence electrons. The van der Waals surface area contributed by atoms with E-state index in [4.69, 9.17) is 21.4 Å². The summed E-state index contributed by atoms with van der Waals surface area (Å²) >= 11 is 5.90. The lowest BCUT2D eigenvalue weighted by Crippen LogP contribution is -2.44. The zero-order chi connectivity index (χ0) is 16.9. The van der Waals surface area contributed by atoms with Gasteiger partial charge in [-0.1, -0.05) is 17.7 Å². The second-order valence-corrected chi connectivity index (χ2v) is 4.78. The minimum Gasteiger partial charge on any atom is -0.496 e. The summed E-state index contributed by atoms with van der Waals surface area (Å²) in [7, 11) is 1.34. The number of halogens is 4. The summed E-state index contributed by atoms with van der Waals surface area (Å²) in [6, 6.07) is 2.53. The monoisotopic (exact) mass is 339 g/mol. The Morgan fingerprint density at radius 3 is 2.55 bits per heavy atom. The quantitative estimate of drug-likeness (QED) is 0.834. The molecular weight excluding hydrogens is 327 g/mol. The van der Waals surface area contributed by atoms with Gasteiger partial charge in [0.05, 0.1) is 20.0 Å². The first-order chi connectivity index (χ1) is 10.1. The number of alkyl halides is 3. The first-order valence-electron chi connectivity index (χ1n) is 6.04. The Morgan fingerprint density at radius 1 is 1.41 bits per heavy atom. The van der Waals surface area contributed by atoms with Gasteiger partial charge in [0.1, 0.15) is 11.8 Å². The van der Waals surface area contributed by atoms with Gasteiger partial charge >= 0.3 is 12.1 Å². The van der Waals surface area contributed by atoms with E-state index >= 15 is 0 Å². The number of hydrogen-bond acceptors (Lipinski definition) is 3. The Bertz CT molecular complexity index is 563. The molecule has 0 saturated carbocycles. The average molecular weight is 340 g/mol. The van der Waals surface area contributed by atoms with E-state index in [1.54, 1.807) is 6.07 Å². The highest BCUT2D eigenvalue weighted by molar-refractivity contribution is 6.31. The highest BCUT2D eigenvalue weighted by Crippen LogP contribution is 2.27. The number of benzene rings is 1. The zero-order valence-electron chi connectivity index (χ0n) is 11.4. The summed E-state index contributed by atoms with van der Waals surface area (Å²) in [5, 5.41) is 10.8. The van der Waals surface area contributed by atoms with Crippen molar-refractivity contribution in [3.05, 3.63) is 28.8 Å². The smallest absolute Gasteiger partial charge is 0.391 e. The first-order valence-corrected chi connectivity index (χ1v) is 6.42. The van der Waals surface area contributed by atoms with E-state index in [1.165, 1.54) is 19.2 Å². The van der Waals surface area contributed by atoms with Crippen molar-refractivity contribution in [3.63, 3.8) is 0 Å². The third-order valence-corrected chi connectivity index (χ3v) is 3.06. The van der Waals surface area contributed by atoms with Crippen LogP contribution in [0.1, 0.15) is 12.0 Å². The molecule has 1 rings (SSSR count). The summed E-state index contributed by atoms with van der Waals surface area (Å²) in [5.41, 5.74) is 0.264. The molecule has 0 aliphatic rings. The number of aliphatic carboxylic acids is 1. The first kappa shape index (κ1) is 18.1. The predicted octanol–water partition coefficient (Wildman–Crippen LogP) is 2.41. The van der Waals surface area contributed by atoms with Gasteiger partial charge in [0.15, 0.2) is 0 Å². The predicted molar refractivity (Wildman–Crippen MR) is 71.9 cm³/mol. The number of nitrogens with one attached hydrogen (secondary N) is 1. The van der Waals surface area contributed by atoms with E-state index in [1.807, 2.05) is 5.32 Å². The number of rotatable bonds is 6. The standard InChI is InChI=1S/C13H13ClF3NO4/c1-22-10-4-2-3-8(14)7(10)5-11(19)18-9(12(20)21)6-13(15,16)17/h2-4,9H,5-6H2,1H3,(H,18,19)(H,20,21). The molecule has 1 atom stereocenters. The van der Waals surface area contributed by atoms with Gasteiger partial charge in [-0.25, -0.2) is 4.79 Å². The lowest BCUT2D eigenvalue weighted by atomic mass is 10.1. The van der Waals surface area contributed by atoms with Crippen molar-refractivity contribution in [1.29, 1.82) is 0 Å². The van der Waals surface area contributed by atoms with Crippen molar-refractivity contribution in [2.75, 3.05) is 7.11 Å². The number of hydrogen-bond donors (Lipinski definition) is 2. The number of carbonyl (C=O) groups excluding carboxylic acids is 1. The second-order valence-electron chi connectivity index (χ2n) is 4.38. The molecule has 0 radical (unpaired) electrons. The van der Waals surface area contributed by atoms with Crippen LogP contribution in [0.25, 0.3) is 0 Å². The highest BCUT2D eigenvalue weighted by Gasteiger charge is 2.36. The molecule has 0 bridgehead atoms. The molecule has 0 saturated heterocycles. The fourth-order valence-electron chi connectivity index (χ4n) is 1.74. The van der Waals surface area contributed by atoms with Crippen LogP contribution in [-0.4, -0.2) is 36.3 Å². The number of amides is 1. The molecule has 1 unspecified atom stereocenters. The third kappa shape index (κ3) is 5.44. The van der Waals surface area contributed by atoms with Crippen LogP contribution >= 0.6 is 11.6 Å². The van der Waals surface area contributed by atoms with E-state index in [2.05, 4.69) is 0 Å². The molecule has 1 aromatic carbocycles. The lowest BCUT2D eigenvalue weighted by molar-refractivity contribution is -0.159. The van der Waals surface area contributed by atoms with E-state index in [9.17, 15) is 22.8 Å². The molecule has 0 heterocycles. The number of carboxylic acid groups (broad SMARTS) is 1. The molecule has 0 spiro atoms. The minimum atomic E-state index is -4.71. The van der Waals surface area contributed by atoms with Crippen LogP contribution in [0.15, 0.2) is 18.2 Å². The van der Waals surface area contributed by atoms with Crippen LogP contribution < -0.4 is 10.1 Å². The largest absolute Gasteiger partial charge is 0.496 e. The fraction of sp³-hybridized carbons (Fsp3) is 0.385. The summed E-state index contributed by atoms with van der Waals surface area (Å²) in [4.78, 5) is 22.6. The molecule has 0 aromatic heterocycles. The van der Waals surface area contributed by atoms with Gasteiger partial charge in [-0.05, 0) is 12.1 Å². The van der Waals surface area contributed by atoms with Gasteiger partial charge in [-0.2, -0.15) is 13.2 Å². The van der Waals surface area contributed by atoms with Gasteiger partial charge in [0.2, 0.25) is 5.91 Å². The maximum Gasteiger partial charge on any atom is 0.391 e. The molecule has 5 nitrogen and oxygen atoms in total. The maximum atomic E-state index is 12.3. The lowest BCUT2D eigenvalue weighted by Gasteiger charge is -2.17. The summed E-state index contributed by atoms with van der Waals surface area (Å²) in [5.74, 6) is -2.38. The Labute approximate surface area is 129 Å². The van der Waals surface area contributed by atoms with E-state index in [-0.39, 0.29) is 16.3 Å². The van der Waals surface area contributed by atoms with Crippen molar-refractivity contribution in [3.8, 4) is 5.75 Å². The third-order valence-electron chi connectivity index (χ3n) is 2.70. The van der Waals surface area contributed by atoms with Crippen molar-refractivity contribution in [2.24, 2.45) is 0 Å². The van der Waals surface area contributed by atoms with Gasteiger partial charge < -0.3 is 15.2 Å². The topological polar surface area (TPSA) is 75.6 Å². The van der Waals surface area contributed by atoms with Crippen molar-refractivity contribution >= 4 is 23.5 Å². The molecule has 0 fully saturated rings. The second kappa shape index (κ2) is 7.35. The minimum absolute atomic E-state index is 0.192. The Kier molecular flexibility index (Phi) is 6.04. The van der Waals surface area contributed by atoms with Gasteiger partial charge in [0, 0.05) is 10.6 Å². The zero-order valence-corrected chi connectivity index (χ0v) is 12.2. The Hall–Kier alpha value is -1.96. The summed E-state index contributed by atoms with van der Waals surface area (Å²) in [6.07, 6.45) is -6.77. The number of carboxylic acids is 1. The number of methoxy groups -OCH3 is 1. The van der Waals surface area contributed by atoms with Crippen LogP contribution in [0.5, 0.6) is 5.75 Å². The van der Waals surface area contributed by atoms with E-state index < -0.39 is 36.9 Å². The molecule has 1 amide bonds. The van der Waals surface area contributed by atoms with E-state index in [0.717, 1.165) is 0 Å². The number of ether oxygens (including phenoxy) is 1. The van der Waals surface area contributed by atoms with Crippen molar-refractivity contribution < 1.29 is 32.6 Å². The molecule has 9 heteroatoms. The Balaban J connectivity index is 2.83. The molecule has 22 heavy (non-hydrogen) atoms. The van der Waals surface area contributed by atoms with Crippen LogP contribution in [0.3, 0.4) is 0 Å². The van der Waals surface area contributed by atoms with Crippen LogP contribution in [0, 0.1) is 0 Å². The van der Waals surface area contributed by atoms with Gasteiger partial charge in [0.25, 0.3) is 0 Å². The summed E-state index contributed by atoms with van der Waals surface area (Å²) < 4.78 is 41.8. The molecule has 1 aromatic rings. The molecular formula is C13H13ClF3NO4. The molecule has 0 aliphatic carbocycles. The van der Waals surface area contributed by atoms with E-state index in [0.29, 0.717) is 0 Å². The van der Waals surface area contributed by atoms with Crippen LogP contribution in [-0.2, 0) is 16.0 Å². The molecule has 0 aliphatic heterocycles. The van der Waals surface area contributed by atoms with Crippen LogP contribution in [0.2, 0.25) is 5.02 Å². The van der Waals surface area contributed by atoms with Gasteiger partial charge in [-0.15, -0.1) is 0 Å². The normalized spacial score (nSPS) is 12.6. The van der Waals surface area contributed by atoms with Gasteiger partial charge in [-0.3, -0.25) is 4.79 Å².